The number of rotatable bonds is 3. The number of imidazole rings is 1. The summed E-state index contributed by atoms with van der Waals surface area (Å²) in [6.07, 6.45) is 3.72. The highest BCUT2D eigenvalue weighted by Crippen LogP contribution is 2.38. The van der Waals surface area contributed by atoms with Crippen molar-refractivity contribution in [1.82, 2.24) is 19.6 Å². The summed E-state index contributed by atoms with van der Waals surface area (Å²) in [6, 6.07) is 8.70. The van der Waals surface area contributed by atoms with Gasteiger partial charge in [-0.3, -0.25) is 9.69 Å². The van der Waals surface area contributed by atoms with Gasteiger partial charge in [0.2, 0.25) is 6.79 Å². The summed E-state index contributed by atoms with van der Waals surface area (Å²) in [4.78, 5) is 31.5. The number of nitrogens with zero attached hydrogens (tertiary/aromatic N) is 3. The topological polar surface area (TPSA) is 85.2 Å². The van der Waals surface area contributed by atoms with Gasteiger partial charge in [-0.15, -0.1) is 0 Å². The number of urea groups is 1. The van der Waals surface area contributed by atoms with Crippen LogP contribution in [0.25, 0.3) is 5.65 Å². The van der Waals surface area contributed by atoms with Crippen molar-refractivity contribution < 1.29 is 19.1 Å². The van der Waals surface area contributed by atoms with Gasteiger partial charge < -0.3 is 19.2 Å². The summed E-state index contributed by atoms with van der Waals surface area (Å²) >= 11 is 0. The number of nitrogens with one attached hydrogen (secondary N) is 1. The maximum atomic E-state index is 13.2. The number of benzene rings is 1. The molecule has 4 heterocycles. The molecule has 0 bridgehead atoms. The summed E-state index contributed by atoms with van der Waals surface area (Å²) < 4.78 is 12.6. The first-order chi connectivity index (χ1) is 13.5. The number of aryl methyl sites for hydroxylation is 1. The number of amides is 3. The number of imide groups is 1. The molecule has 8 heteroatoms. The van der Waals surface area contributed by atoms with Crippen molar-refractivity contribution in [3.8, 4) is 11.5 Å². The van der Waals surface area contributed by atoms with Crippen LogP contribution in [0, 0.1) is 6.92 Å². The fourth-order valence-corrected chi connectivity index (χ4v) is 3.69. The predicted molar refractivity (Wildman–Crippen MR) is 98.9 cm³/mol. The summed E-state index contributed by atoms with van der Waals surface area (Å²) in [7, 11) is 0. The van der Waals surface area contributed by atoms with Crippen LogP contribution in [0.5, 0.6) is 11.5 Å². The van der Waals surface area contributed by atoms with E-state index in [1.807, 2.05) is 35.9 Å². The molecule has 1 aromatic carbocycles. The average molecular weight is 378 g/mol. The van der Waals surface area contributed by atoms with Gasteiger partial charge in [0.25, 0.3) is 5.91 Å². The van der Waals surface area contributed by atoms with E-state index in [1.54, 1.807) is 25.1 Å². The normalized spacial score (nSPS) is 20.9. The van der Waals surface area contributed by atoms with Crippen LogP contribution in [0.4, 0.5) is 4.79 Å². The average Bonchev–Trinajstić information content (AvgIpc) is 3.36. The molecule has 3 amide bonds. The molecule has 28 heavy (non-hydrogen) atoms. The molecule has 0 radical (unpaired) electrons. The second-order valence-corrected chi connectivity index (χ2v) is 7.17. The van der Waals surface area contributed by atoms with Crippen molar-refractivity contribution in [2.75, 3.05) is 6.79 Å². The van der Waals surface area contributed by atoms with E-state index in [0.717, 1.165) is 11.2 Å². The Morgan fingerprint density at radius 2 is 2.04 bits per heavy atom. The Morgan fingerprint density at radius 1 is 1.21 bits per heavy atom. The maximum absolute atomic E-state index is 13.2. The molecule has 1 fully saturated rings. The van der Waals surface area contributed by atoms with Crippen molar-refractivity contribution >= 4 is 17.6 Å². The maximum Gasteiger partial charge on any atom is 0.325 e. The monoisotopic (exact) mass is 378 g/mol. The van der Waals surface area contributed by atoms with Gasteiger partial charge in [0, 0.05) is 12.4 Å². The van der Waals surface area contributed by atoms with Crippen LogP contribution >= 0.6 is 0 Å². The minimum Gasteiger partial charge on any atom is -0.454 e. The molecule has 0 saturated carbocycles. The zero-order chi connectivity index (χ0) is 19.5. The van der Waals surface area contributed by atoms with Gasteiger partial charge in [-0.05, 0) is 43.2 Å². The lowest BCUT2D eigenvalue weighted by Gasteiger charge is -2.22. The molecule has 0 aliphatic carbocycles. The number of aromatic nitrogens is 2. The molecule has 2 aliphatic rings. The van der Waals surface area contributed by atoms with Crippen LogP contribution in [0.3, 0.4) is 0 Å². The summed E-state index contributed by atoms with van der Waals surface area (Å²) in [5.41, 5.74) is 1.95. The van der Waals surface area contributed by atoms with Crippen LogP contribution in [0.1, 0.15) is 23.7 Å². The predicted octanol–water partition coefficient (Wildman–Crippen LogP) is 2.34. The molecule has 2 aliphatic heterocycles. The Labute approximate surface area is 160 Å². The van der Waals surface area contributed by atoms with Crippen molar-refractivity contribution in [2.24, 2.45) is 0 Å². The molecular formula is C20H18N4O4. The van der Waals surface area contributed by atoms with Crippen molar-refractivity contribution in [1.29, 1.82) is 0 Å². The fraction of sp³-hybridized carbons (Fsp3) is 0.250. The third-order valence-corrected chi connectivity index (χ3v) is 5.27. The van der Waals surface area contributed by atoms with Crippen LogP contribution in [-0.2, 0) is 16.9 Å². The highest BCUT2D eigenvalue weighted by Gasteiger charge is 2.49. The Hall–Kier alpha value is -3.55. The van der Waals surface area contributed by atoms with Crippen LogP contribution < -0.4 is 14.8 Å². The van der Waals surface area contributed by atoms with E-state index in [1.165, 1.54) is 4.90 Å². The summed E-state index contributed by atoms with van der Waals surface area (Å²) in [5.74, 6) is 0.862. The molecule has 1 N–H and O–H groups in total. The fourth-order valence-electron chi connectivity index (χ4n) is 3.69. The molecule has 1 atom stereocenters. The number of fused-ring (bicyclic) bond motifs is 2. The number of carbonyl (C=O) groups is 2. The Bertz CT molecular complexity index is 1140. The van der Waals surface area contributed by atoms with Gasteiger partial charge in [0.15, 0.2) is 11.5 Å². The van der Waals surface area contributed by atoms with E-state index in [-0.39, 0.29) is 19.2 Å². The Kier molecular flexibility index (Phi) is 3.39. The highest BCUT2D eigenvalue weighted by atomic mass is 16.7. The number of carbonyl (C=O) groups excluding carboxylic acids is 2. The van der Waals surface area contributed by atoms with E-state index in [2.05, 4.69) is 10.3 Å². The zero-order valence-corrected chi connectivity index (χ0v) is 15.4. The third-order valence-electron chi connectivity index (χ3n) is 5.27. The van der Waals surface area contributed by atoms with Crippen molar-refractivity contribution in [3.63, 3.8) is 0 Å². The van der Waals surface area contributed by atoms with Crippen LogP contribution in [-0.4, -0.2) is 33.0 Å². The molecular weight excluding hydrogens is 360 g/mol. The van der Waals surface area contributed by atoms with Crippen molar-refractivity contribution in [3.05, 3.63) is 59.5 Å². The van der Waals surface area contributed by atoms with E-state index in [9.17, 15) is 9.59 Å². The van der Waals surface area contributed by atoms with Crippen molar-refractivity contribution in [2.45, 2.75) is 25.9 Å². The lowest BCUT2D eigenvalue weighted by Crippen LogP contribution is -2.40. The quantitative estimate of drug-likeness (QED) is 0.707. The minimum absolute atomic E-state index is 0.103. The summed E-state index contributed by atoms with van der Waals surface area (Å²) in [6.45, 7) is 3.91. The molecule has 0 spiro atoms. The minimum atomic E-state index is -1.17. The molecule has 8 nitrogen and oxygen atoms in total. The van der Waals surface area contributed by atoms with E-state index in [4.69, 9.17) is 9.47 Å². The van der Waals surface area contributed by atoms with Gasteiger partial charge >= 0.3 is 6.03 Å². The molecule has 1 unspecified atom stereocenters. The second kappa shape index (κ2) is 5.72. The number of ether oxygens (including phenoxy) is 2. The standard InChI is InChI=1S/C20H18N4O4/c1-12-4-3-7-23-9-14(21-17(12)23)10-24-18(25)20(2,22-19(24)26)13-5-6-15-16(8-13)28-11-27-15/h3-9H,10-11H2,1-2H3,(H,22,26). The van der Waals surface area contributed by atoms with E-state index in [0.29, 0.717) is 22.8 Å². The van der Waals surface area contributed by atoms with Gasteiger partial charge in [-0.2, -0.15) is 0 Å². The molecule has 5 rings (SSSR count). The Morgan fingerprint density at radius 3 is 2.86 bits per heavy atom. The first-order valence-corrected chi connectivity index (χ1v) is 8.93. The SMILES string of the molecule is Cc1cccn2cc(CN3C(=O)NC(C)(c4ccc5c(c4)OCO5)C3=O)nc12. The molecule has 2 aromatic heterocycles. The second-order valence-electron chi connectivity index (χ2n) is 7.17. The van der Waals surface area contributed by atoms with Gasteiger partial charge in [0.1, 0.15) is 11.2 Å². The van der Waals surface area contributed by atoms with Gasteiger partial charge in [-0.25, -0.2) is 9.78 Å². The molecule has 1 saturated heterocycles. The first-order valence-electron chi connectivity index (χ1n) is 8.93. The third kappa shape index (κ3) is 2.34. The smallest absolute Gasteiger partial charge is 0.325 e. The van der Waals surface area contributed by atoms with E-state index >= 15 is 0 Å². The van der Waals surface area contributed by atoms with Gasteiger partial charge in [0.05, 0.1) is 12.2 Å². The number of pyridine rings is 1. The molecule has 3 aromatic rings. The van der Waals surface area contributed by atoms with E-state index < -0.39 is 11.6 Å². The zero-order valence-electron chi connectivity index (χ0n) is 15.4. The first kappa shape index (κ1) is 16.6. The highest BCUT2D eigenvalue weighted by molar-refractivity contribution is 6.07. The largest absolute Gasteiger partial charge is 0.454 e. The Balaban J connectivity index is 1.46. The number of hydrogen-bond donors (Lipinski definition) is 1. The van der Waals surface area contributed by atoms with Crippen LogP contribution in [0.2, 0.25) is 0 Å². The lowest BCUT2D eigenvalue weighted by molar-refractivity contribution is -0.131. The number of hydrogen-bond acceptors (Lipinski definition) is 5. The molecule has 142 valence electrons. The summed E-state index contributed by atoms with van der Waals surface area (Å²) in [5, 5.41) is 2.81. The van der Waals surface area contributed by atoms with Crippen LogP contribution in [0.15, 0.2) is 42.7 Å². The van der Waals surface area contributed by atoms with Gasteiger partial charge in [-0.1, -0.05) is 12.1 Å². The lowest BCUT2D eigenvalue weighted by atomic mass is 9.91.